The van der Waals surface area contributed by atoms with E-state index in [2.05, 4.69) is 20.3 Å². The van der Waals surface area contributed by atoms with Gasteiger partial charge in [-0.05, 0) is 47.9 Å². The van der Waals surface area contributed by atoms with Gasteiger partial charge < -0.3 is 10.3 Å². The molecular weight excluding hydrogens is 304 g/mol. The molecule has 3 rings (SSSR count). The van der Waals surface area contributed by atoms with Gasteiger partial charge in [-0.1, -0.05) is 0 Å². The van der Waals surface area contributed by atoms with Crippen LogP contribution in [0.25, 0.3) is 22.4 Å². The van der Waals surface area contributed by atoms with E-state index in [4.69, 9.17) is 0 Å². The minimum atomic E-state index is -0.205. The average molecular weight is 320 g/mol. The summed E-state index contributed by atoms with van der Waals surface area (Å²) in [4.78, 5) is 34.3. The molecule has 24 heavy (non-hydrogen) atoms. The van der Waals surface area contributed by atoms with Crippen LogP contribution in [-0.4, -0.2) is 20.9 Å². The molecule has 3 aromatic heterocycles. The van der Waals surface area contributed by atoms with Gasteiger partial charge >= 0.3 is 0 Å². The number of nitrogens with one attached hydrogen (secondary N) is 2. The second-order valence-electron chi connectivity index (χ2n) is 5.45. The summed E-state index contributed by atoms with van der Waals surface area (Å²) in [5.41, 5.74) is 3.91. The van der Waals surface area contributed by atoms with E-state index in [1.54, 1.807) is 30.7 Å². The lowest BCUT2D eigenvalue weighted by atomic mass is 10.0. The number of hydrogen-bond donors (Lipinski definition) is 2. The highest BCUT2D eigenvalue weighted by Gasteiger charge is 2.08. The average Bonchev–Trinajstić information content (AvgIpc) is 2.54. The lowest BCUT2D eigenvalue weighted by Gasteiger charge is -2.09. The van der Waals surface area contributed by atoms with E-state index in [0.717, 1.165) is 22.3 Å². The molecule has 3 aromatic rings. The van der Waals surface area contributed by atoms with Crippen LogP contribution in [0.5, 0.6) is 0 Å². The Morgan fingerprint density at radius 2 is 1.96 bits per heavy atom. The molecule has 2 N–H and O–H groups in total. The Morgan fingerprint density at radius 1 is 1.12 bits per heavy atom. The van der Waals surface area contributed by atoms with E-state index in [1.807, 2.05) is 19.1 Å². The minimum absolute atomic E-state index is 0.197. The normalized spacial score (nSPS) is 10.4. The van der Waals surface area contributed by atoms with Crippen LogP contribution in [0, 0.1) is 6.92 Å². The zero-order valence-electron chi connectivity index (χ0n) is 13.3. The Balaban J connectivity index is 2.08. The fourth-order valence-electron chi connectivity index (χ4n) is 2.46. The van der Waals surface area contributed by atoms with Gasteiger partial charge in [0.05, 0.1) is 5.69 Å². The second-order valence-corrected chi connectivity index (χ2v) is 5.45. The van der Waals surface area contributed by atoms with Crippen LogP contribution in [0.1, 0.15) is 12.5 Å². The number of nitrogens with zero attached hydrogens (tertiary/aromatic N) is 2. The van der Waals surface area contributed by atoms with Gasteiger partial charge in [0.1, 0.15) is 5.82 Å². The number of carbonyl (C=O) groups excluding carboxylic acids is 1. The summed E-state index contributed by atoms with van der Waals surface area (Å²) < 4.78 is 0. The summed E-state index contributed by atoms with van der Waals surface area (Å²) in [6.07, 6.45) is 5.03. The Bertz CT molecular complexity index is 963. The van der Waals surface area contributed by atoms with Gasteiger partial charge in [-0.3, -0.25) is 14.6 Å². The van der Waals surface area contributed by atoms with Crippen molar-refractivity contribution in [1.82, 2.24) is 15.0 Å². The fraction of sp³-hybridized carbons (Fsp3) is 0.111. The van der Waals surface area contributed by atoms with Gasteiger partial charge in [-0.25, -0.2) is 4.98 Å². The highest BCUT2D eigenvalue weighted by Crippen LogP contribution is 2.25. The Hall–Kier alpha value is -3.28. The lowest BCUT2D eigenvalue weighted by Crippen LogP contribution is -2.08. The van der Waals surface area contributed by atoms with Crippen LogP contribution in [0.2, 0.25) is 0 Å². The molecule has 3 heterocycles. The number of aryl methyl sites for hydroxylation is 1. The lowest BCUT2D eigenvalue weighted by molar-refractivity contribution is -0.114. The zero-order chi connectivity index (χ0) is 17.1. The molecular formula is C18H16N4O2. The molecule has 0 saturated heterocycles. The Morgan fingerprint density at radius 3 is 2.71 bits per heavy atom. The van der Waals surface area contributed by atoms with Crippen molar-refractivity contribution in [2.45, 2.75) is 13.8 Å². The molecule has 0 spiro atoms. The Kier molecular flexibility index (Phi) is 4.20. The number of rotatable bonds is 3. The van der Waals surface area contributed by atoms with E-state index in [1.165, 1.54) is 13.0 Å². The first-order chi connectivity index (χ1) is 11.5. The second kappa shape index (κ2) is 6.45. The van der Waals surface area contributed by atoms with E-state index in [9.17, 15) is 9.59 Å². The van der Waals surface area contributed by atoms with Crippen molar-refractivity contribution < 1.29 is 4.79 Å². The first-order valence-corrected chi connectivity index (χ1v) is 7.42. The molecule has 0 aliphatic rings. The quantitative estimate of drug-likeness (QED) is 0.777. The standard InChI is InChI=1S/C18H16N4O2/c1-11-3-5-19-10-15(11)16-7-14(9-18(24)22-16)13-4-6-20-17(8-13)21-12(2)23/h3-10H,1-2H3,(H,22,24)(H,20,21,23). The maximum absolute atomic E-state index is 12.1. The maximum atomic E-state index is 12.1. The highest BCUT2D eigenvalue weighted by atomic mass is 16.1. The maximum Gasteiger partial charge on any atom is 0.249 e. The van der Waals surface area contributed by atoms with E-state index in [0.29, 0.717) is 11.5 Å². The van der Waals surface area contributed by atoms with Crippen LogP contribution >= 0.6 is 0 Å². The number of aromatic nitrogens is 3. The summed E-state index contributed by atoms with van der Waals surface area (Å²) in [5.74, 6) is 0.247. The molecule has 0 aliphatic carbocycles. The third kappa shape index (κ3) is 3.38. The molecule has 0 atom stereocenters. The third-order valence-electron chi connectivity index (χ3n) is 3.57. The van der Waals surface area contributed by atoms with Gasteiger partial charge in [-0.15, -0.1) is 0 Å². The van der Waals surface area contributed by atoms with Crippen molar-refractivity contribution in [2.24, 2.45) is 0 Å². The summed E-state index contributed by atoms with van der Waals surface area (Å²) >= 11 is 0. The molecule has 0 fully saturated rings. The first-order valence-electron chi connectivity index (χ1n) is 7.42. The number of aromatic amines is 1. The monoisotopic (exact) mass is 320 g/mol. The van der Waals surface area contributed by atoms with Gasteiger partial charge in [0.2, 0.25) is 11.5 Å². The summed E-state index contributed by atoms with van der Waals surface area (Å²) in [6, 6.07) is 8.82. The van der Waals surface area contributed by atoms with Gasteiger partial charge in [0, 0.05) is 37.1 Å². The number of amides is 1. The van der Waals surface area contributed by atoms with Crippen LogP contribution < -0.4 is 10.9 Å². The smallest absolute Gasteiger partial charge is 0.249 e. The van der Waals surface area contributed by atoms with Crippen LogP contribution in [0.3, 0.4) is 0 Å². The summed E-state index contributed by atoms with van der Waals surface area (Å²) in [6.45, 7) is 3.38. The van der Waals surface area contributed by atoms with E-state index < -0.39 is 0 Å². The molecule has 1 amide bonds. The summed E-state index contributed by atoms with van der Waals surface area (Å²) in [5, 5.41) is 2.64. The third-order valence-corrected chi connectivity index (χ3v) is 3.57. The zero-order valence-corrected chi connectivity index (χ0v) is 13.3. The van der Waals surface area contributed by atoms with Crippen molar-refractivity contribution in [2.75, 3.05) is 5.32 Å². The molecule has 120 valence electrons. The van der Waals surface area contributed by atoms with Crippen molar-refractivity contribution >= 4 is 11.7 Å². The minimum Gasteiger partial charge on any atom is -0.322 e. The highest BCUT2D eigenvalue weighted by molar-refractivity contribution is 5.88. The van der Waals surface area contributed by atoms with Crippen LogP contribution in [-0.2, 0) is 4.79 Å². The van der Waals surface area contributed by atoms with Gasteiger partial charge in [-0.2, -0.15) is 0 Å². The number of pyridine rings is 3. The molecule has 6 nitrogen and oxygen atoms in total. The SMILES string of the molecule is CC(=O)Nc1cc(-c2cc(-c3cnccc3C)[nH]c(=O)c2)ccn1. The number of H-pyrrole nitrogens is 1. The molecule has 0 aliphatic heterocycles. The molecule has 6 heteroatoms. The van der Waals surface area contributed by atoms with Gasteiger partial charge in [0.25, 0.3) is 0 Å². The van der Waals surface area contributed by atoms with E-state index in [-0.39, 0.29) is 11.5 Å². The predicted molar refractivity (Wildman–Crippen MR) is 92.6 cm³/mol. The largest absolute Gasteiger partial charge is 0.322 e. The molecule has 0 bridgehead atoms. The number of carbonyl (C=O) groups is 1. The first kappa shape index (κ1) is 15.6. The fourth-order valence-corrected chi connectivity index (χ4v) is 2.46. The van der Waals surface area contributed by atoms with Crippen LogP contribution in [0.15, 0.2) is 53.7 Å². The van der Waals surface area contributed by atoms with Crippen molar-refractivity contribution in [3.63, 3.8) is 0 Å². The van der Waals surface area contributed by atoms with E-state index >= 15 is 0 Å². The van der Waals surface area contributed by atoms with Crippen LogP contribution in [0.4, 0.5) is 5.82 Å². The molecule has 0 aromatic carbocycles. The van der Waals surface area contributed by atoms with Gasteiger partial charge in [0.15, 0.2) is 0 Å². The molecule has 0 radical (unpaired) electrons. The number of hydrogen-bond acceptors (Lipinski definition) is 4. The summed E-state index contributed by atoms with van der Waals surface area (Å²) in [7, 11) is 0. The predicted octanol–water partition coefficient (Wildman–Crippen LogP) is 2.77. The topological polar surface area (TPSA) is 87.7 Å². The number of anilines is 1. The van der Waals surface area contributed by atoms with Crippen molar-refractivity contribution in [3.8, 4) is 22.4 Å². The molecule has 0 unspecified atom stereocenters. The van der Waals surface area contributed by atoms with Crippen molar-refractivity contribution in [3.05, 3.63) is 64.8 Å². The molecule has 0 saturated carbocycles. The Labute approximate surface area is 138 Å². The van der Waals surface area contributed by atoms with Crippen molar-refractivity contribution in [1.29, 1.82) is 0 Å².